The zero-order valence-electron chi connectivity index (χ0n) is 13.6. The third kappa shape index (κ3) is 3.18. The molecule has 0 unspecified atom stereocenters. The first-order chi connectivity index (χ1) is 11.6. The van der Waals surface area contributed by atoms with E-state index in [0.717, 1.165) is 17.7 Å². The van der Waals surface area contributed by atoms with E-state index >= 15 is 0 Å². The number of fused-ring (bicyclic) bond motifs is 1. The number of rotatable bonds is 4. The Morgan fingerprint density at radius 1 is 1.38 bits per heavy atom. The van der Waals surface area contributed by atoms with E-state index < -0.39 is 0 Å². The third-order valence-corrected chi connectivity index (χ3v) is 3.82. The van der Waals surface area contributed by atoms with Crippen LogP contribution < -0.4 is 14.8 Å². The summed E-state index contributed by atoms with van der Waals surface area (Å²) in [6, 6.07) is 12.3. The average Bonchev–Trinajstić information content (AvgIpc) is 2.94. The van der Waals surface area contributed by atoms with Crippen molar-refractivity contribution in [2.24, 2.45) is 0 Å². The maximum absolute atomic E-state index is 12.4. The fourth-order valence-corrected chi connectivity index (χ4v) is 2.70. The van der Waals surface area contributed by atoms with Crippen LogP contribution in [-0.2, 0) is 6.42 Å². The Labute approximate surface area is 140 Å². The van der Waals surface area contributed by atoms with Crippen molar-refractivity contribution in [2.75, 3.05) is 11.9 Å². The average molecular weight is 322 g/mol. The van der Waals surface area contributed by atoms with E-state index in [4.69, 9.17) is 14.7 Å². The molecule has 0 saturated carbocycles. The minimum atomic E-state index is -0.258. The lowest BCUT2D eigenvalue weighted by Gasteiger charge is -2.13. The lowest BCUT2D eigenvalue weighted by Crippen LogP contribution is -2.13. The Bertz CT molecular complexity index is 807. The molecule has 1 heterocycles. The summed E-state index contributed by atoms with van der Waals surface area (Å²) in [7, 11) is 0. The molecule has 0 spiro atoms. The zero-order chi connectivity index (χ0) is 17.1. The summed E-state index contributed by atoms with van der Waals surface area (Å²) in [6.07, 6.45) is 0.957. The van der Waals surface area contributed by atoms with Gasteiger partial charge in [-0.15, -0.1) is 0 Å². The van der Waals surface area contributed by atoms with Gasteiger partial charge in [0.05, 0.1) is 23.9 Å². The minimum absolute atomic E-state index is 0.124. The summed E-state index contributed by atoms with van der Waals surface area (Å²) >= 11 is 0. The number of ether oxygens (including phenoxy) is 2. The number of carbonyl (C=O) groups is 1. The molecule has 0 bridgehead atoms. The van der Waals surface area contributed by atoms with Crippen molar-refractivity contribution >= 4 is 11.6 Å². The van der Waals surface area contributed by atoms with E-state index in [1.165, 1.54) is 0 Å². The molecule has 2 aromatic carbocycles. The number of amides is 1. The molecular weight excluding hydrogens is 304 g/mol. The molecule has 0 radical (unpaired) electrons. The van der Waals surface area contributed by atoms with Crippen molar-refractivity contribution in [2.45, 2.75) is 26.4 Å². The molecular formula is C19H18N2O3. The van der Waals surface area contributed by atoms with Crippen LogP contribution in [0.2, 0.25) is 0 Å². The number of nitrogens with one attached hydrogen (secondary N) is 1. The Morgan fingerprint density at radius 2 is 2.12 bits per heavy atom. The van der Waals surface area contributed by atoms with Gasteiger partial charge in [0, 0.05) is 23.6 Å². The highest BCUT2D eigenvalue weighted by molar-refractivity contribution is 6.05. The maximum atomic E-state index is 12.4. The van der Waals surface area contributed by atoms with Gasteiger partial charge in [0.15, 0.2) is 0 Å². The molecule has 5 heteroatoms. The third-order valence-electron chi connectivity index (χ3n) is 3.82. The van der Waals surface area contributed by atoms with Crippen LogP contribution in [0.25, 0.3) is 0 Å². The van der Waals surface area contributed by atoms with Crippen molar-refractivity contribution < 1.29 is 14.3 Å². The second-order valence-electron chi connectivity index (χ2n) is 5.66. The number of nitriles is 1. The normalized spacial score (nSPS) is 15.1. The summed E-state index contributed by atoms with van der Waals surface area (Å²) in [6.45, 7) is 4.42. The molecule has 0 aromatic heterocycles. The second kappa shape index (κ2) is 6.63. The fourth-order valence-electron chi connectivity index (χ4n) is 2.70. The van der Waals surface area contributed by atoms with Gasteiger partial charge in [0.1, 0.15) is 17.6 Å². The van der Waals surface area contributed by atoms with Crippen LogP contribution in [0.15, 0.2) is 36.4 Å². The number of benzene rings is 2. The van der Waals surface area contributed by atoms with E-state index in [9.17, 15) is 4.79 Å². The lowest BCUT2D eigenvalue weighted by atomic mass is 10.1. The Hall–Kier alpha value is -3.00. The first-order valence-corrected chi connectivity index (χ1v) is 7.88. The topological polar surface area (TPSA) is 71.3 Å². The number of nitrogens with zero attached hydrogens (tertiary/aromatic N) is 1. The maximum Gasteiger partial charge on any atom is 0.255 e. The number of hydrogen-bond donors (Lipinski definition) is 1. The summed E-state index contributed by atoms with van der Waals surface area (Å²) in [4.78, 5) is 12.4. The van der Waals surface area contributed by atoms with Gasteiger partial charge in [-0.2, -0.15) is 5.26 Å². The predicted octanol–water partition coefficient (Wildman–Crippen LogP) is 3.53. The van der Waals surface area contributed by atoms with Gasteiger partial charge in [-0.3, -0.25) is 4.79 Å². The van der Waals surface area contributed by atoms with E-state index in [0.29, 0.717) is 29.2 Å². The smallest absolute Gasteiger partial charge is 0.255 e. The molecule has 0 saturated heterocycles. The van der Waals surface area contributed by atoms with E-state index in [-0.39, 0.29) is 12.0 Å². The van der Waals surface area contributed by atoms with Gasteiger partial charge >= 0.3 is 0 Å². The van der Waals surface area contributed by atoms with Crippen LogP contribution in [0.5, 0.6) is 11.5 Å². The number of hydrogen-bond acceptors (Lipinski definition) is 4. The molecule has 0 fully saturated rings. The van der Waals surface area contributed by atoms with Crippen LogP contribution in [0.3, 0.4) is 0 Å². The van der Waals surface area contributed by atoms with Crippen LogP contribution >= 0.6 is 0 Å². The molecule has 1 amide bonds. The Balaban J connectivity index is 1.86. The minimum Gasteiger partial charge on any atom is -0.492 e. The molecule has 1 atom stereocenters. The largest absolute Gasteiger partial charge is 0.492 e. The van der Waals surface area contributed by atoms with Crippen LogP contribution in [0.1, 0.15) is 35.3 Å². The molecule has 2 aromatic rings. The molecule has 1 N–H and O–H groups in total. The van der Waals surface area contributed by atoms with Crippen LogP contribution in [0.4, 0.5) is 5.69 Å². The van der Waals surface area contributed by atoms with Crippen molar-refractivity contribution in [1.29, 1.82) is 5.26 Å². The van der Waals surface area contributed by atoms with E-state index in [2.05, 4.69) is 5.32 Å². The molecule has 5 nitrogen and oxygen atoms in total. The Morgan fingerprint density at radius 3 is 2.79 bits per heavy atom. The van der Waals surface area contributed by atoms with Gasteiger partial charge in [0.25, 0.3) is 5.91 Å². The first kappa shape index (κ1) is 15.9. The van der Waals surface area contributed by atoms with Crippen LogP contribution in [0, 0.1) is 11.3 Å². The number of anilines is 1. The van der Waals surface area contributed by atoms with Crippen LogP contribution in [-0.4, -0.2) is 18.6 Å². The standard InChI is InChI=1S/C19H18N2O3/c1-3-23-18-9-15-8-12(2)24-17(15)10-16(18)21-19(22)14-6-4-13(11-20)5-7-14/h4-7,9-10,12H,3,8H2,1-2H3,(H,21,22)/t12-/m1/s1. The highest BCUT2D eigenvalue weighted by Crippen LogP contribution is 2.38. The summed E-state index contributed by atoms with van der Waals surface area (Å²) in [5.41, 5.74) is 2.66. The first-order valence-electron chi connectivity index (χ1n) is 7.88. The zero-order valence-corrected chi connectivity index (χ0v) is 13.6. The highest BCUT2D eigenvalue weighted by atomic mass is 16.5. The van der Waals surface area contributed by atoms with Gasteiger partial charge in [-0.05, 0) is 44.2 Å². The molecule has 1 aliphatic heterocycles. The van der Waals surface area contributed by atoms with Gasteiger partial charge in [-0.1, -0.05) is 0 Å². The fraction of sp³-hybridized carbons (Fsp3) is 0.263. The summed E-state index contributed by atoms with van der Waals surface area (Å²) in [5.74, 6) is 1.16. The monoisotopic (exact) mass is 322 g/mol. The molecule has 122 valence electrons. The predicted molar refractivity (Wildman–Crippen MR) is 90.5 cm³/mol. The lowest BCUT2D eigenvalue weighted by molar-refractivity contribution is 0.102. The second-order valence-corrected chi connectivity index (χ2v) is 5.66. The van der Waals surface area contributed by atoms with E-state index in [1.807, 2.05) is 32.0 Å². The highest BCUT2D eigenvalue weighted by Gasteiger charge is 2.22. The number of carbonyl (C=O) groups excluding carboxylic acids is 1. The SMILES string of the molecule is CCOc1cc2c(cc1NC(=O)c1ccc(C#N)cc1)O[C@H](C)C2. The summed E-state index contributed by atoms with van der Waals surface area (Å²) < 4.78 is 11.4. The summed E-state index contributed by atoms with van der Waals surface area (Å²) in [5, 5.41) is 11.7. The molecule has 24 heavy (non-hydrogen) atoms. The molecule has 1 aliphatic rings. The van der Waals surface area contributed by atoms with E-state index in [1.54, 1.807) is 24.3 Å². The quantitative estimate of drug-likeness (QED) is 0.934. The van der Waals surface area contributed by atoms with Crippen molar-refractivity contribution in [3.63, 3.8) is 0 Å². The Kier molecular flexibility index (Phi) is 4.39. The van der Waals surface area contributed by atoms with Gasteiger partial charge < -0.3 is 14.8 Å². The molecule has 3 rings (SSSR count). The van der Waals surface area contributed by atoms with Crippen molar-refractivity contribution in [1.82, 2.24) is 0 Å². The van der Waals surface area contributed by atoms with Crippen molar-refractivity contribution in [3.05, 3.63) is 53.1 Å². The van der Waals surface area contributed by atoms with Gasteiger partial charge in [0.2, 0.25) is 0 Å². The van der Waals surface area contributed by atoms with Gasteiger partial charge in [-0.25, -0.2) is 0 Å². The molecule has 0 aliphatic carbocycles. The van der Waals surface area contributed by atoms with Crippen molar-refractivity contribution in [3.8, 4) is 17.6 Å².